The minimum atomic E-state index is 0. The summed E-state index contributed by atoms with van der Waals surface area (Å²) in [5.41, 5.74) is 0. The molecule has 2 rings (SSSR count). The molecule has 144 valence electrons. The van der Waals surface area contributed by atoms with Crippen molar-refractivity contribution < 1.29 is 4.74 Å². The number of nitrogens with one attached hydrogen (secondary N) is 2. The van der Waals surface area contributed by atoms with Gasteiger partial charge in [-0.1, -0.05) is 0 Å². The number of rotatable bonds is 8. The number of aryl methyl sites for hydroxylation is 1. The lowest BCUT2D eigenvalue weighted by molar-refractivity contribution is 0.121. The van der Waals surface area contributed by atoms with Crippen LogP contribution in [0.4, 0.5) is 0 Å². The highest BCUT2D eigenvalue weighted by molar-refractivity contribution is 14.0. The van der Waals surface area contributed by atoms with Gasteiger partial charge in [0.1, 0.15) is 5.01 Å². The van der Waals surface area contributed by atoms with E-state index in [-0.39, 0.29) is 24.0 Å². The summed E-state index contributed by atoms with van der Waals surface area (Å²) in [6, 6.07) is 0. The van der Waals surface area contributed by atoms with E-state index >= 15 is 0 Å². The van der Waals surface area contributed by atoms with E-state index in [1.54, 1.807) is 18.4 Å². The van der Waals surface area contributed by atoms with Crippen LogP contribution in [0, 0.1) is 12.8 Å². The third-order valence-corrected chi connectivity index (χ3v) is 5.16. The zero-order valence-corrected chi connectivity index (χ0v) is 18.7. The predicted molar refractivity (Wildman–Crippen MR) is 116 cm³/mol. The Labute approximate surface area is 172 Å². The zero-order chi connectivity index (χ0) is 17.2. The first-order valence-electron chi connectivity index (χ1n) is 8.86. The van der Waals surface area contributed by atoms with Crippen molar-refractivity contribution in [1.29, 1.82) is 0 Å². The second kappa shape index (κ2) is 12.8. The Kier molecular flexibility index (Phi) is 11.6. The Balaban J connectivity index is 0.00000312. The molecule has 1 aliphatic rings. The number of piperidine rings is 1. The maximum absolute atomic E-state index is 5.16. The van der Waals surface area contributed by atoms with Gasteiger partial charge in [0.05, 0.1) is 13.2 Å². The SMILES string of the molecule is CCNC(=NCc1ncc(C)s1)NCC1CCN(CCOC)CC1.I. The first kappa shape index (κ1) is 22.6. The second-order valence-corrected chi connectivity index (χ2v) is 7.54. The van der Waals surface area contributed by atoms with E-state index in [1.165, 1.54) is 30.8 Å². The van der Waals surface area contributed by atoms with Gasteiger partial charge in [-0.05, 0) is 45.7 Å². The lowest BCUT2D eigenvalue weighted by Crippen LogP contribution is -2.43. The molecule has 2 N–H and O–H groups in total. The average molecular weight is 481 g/mol. The molecule has 0 radical (unpaired) electrons. The van der Waals surface area contributed by atoms with Crippen molar-refractivity contribution in [2.75, 3.05) is 46.4 Å². The Morgan fingerprint density at radius 1 is 1.40 bits per heavy atom. The first-order valence-corrected chi connectivity index (χ1v) is 9.67. The van der Waals surface area contributed by atoms with E-state index in [1.807, 2.05) is 6.20 Å². The van der Waals surface area contributed by atoms with Crippen LogP contribution in [0.25, 0.3) is 0 Å². The monoisotopic (exact) mass is 481 g/mol. The van der Waals surface area contributed by atoms with Crippen LogP contribution in [0.3, 0.4) is 0 Å². The van der Waals surface area contributed by atoms with Gasteiger partial charge >= 0.3 is 0 Å². The van der Waals surface area contributed by atoms with Gasteiger partial charge in [-0.3, -0.25) is 0 Å². The standard InChI is InChI=1S/C17H31N5OS.HI/c1-4-18-17(21-13-16-19-11-14(2)24-16)20-12-15-5-7-22(8-6-15)9-10-23-3;/h11,15H,4-10,12-13H2,1-3H3,(H2,18,20,21);1H. The second-order valence-electron chi connectivity index (χ2n) is 6.22. The summed E-state index contributed by atoms with van der Waals surface area (Å²) in [6.45, 7) is 10.9. The van der Waals surface area contributed by atoms with E-state index in [4.69, 9.17) is 4.74 Å². The quantitative estimate of drug-likeness (QED) is 0.340. The fourth-order valence-electron chi connectivity index (χ4n) is 2.84. The Morgan fingerprint density at radius 2 is 2.16 bits per heavy atom. The first-order chi connectivity index (χ1) is 11.7. The highest BCUT2D eigenvalue weighted by Crippen LogP contribution is 2.16. The highest BCUT2D eigenvalue weighted by Gasteiger charge is 2.18. The van der Waals surface area contributed by atoms with Gasteiger partial charge in [-0.15, -0.1) is 35.3 Å². The number of likely N-dealkylation sites (tertiary alicyclic amines) is 1. The molecule has 1 aromatic rings. The van der Waals surface area contributed by atoms with E-state index in [0.717, 1.165) is 43.1 Å². The van der Waals surface area contributed by atoms with E-state index in [2.05, 4.69) is 39.4 Å². The third-order valence-electron chi connectivity index (χ3n) is 4.26. The van der Waals surface area contributed by atoms with Gasteiger partial charge in [0.25, 0.3) is 0 Å². The molecular formula is C17H32IN5OS. The van der Waals surface area contributed by atoms with Crippen LogP contribution in [-0.2, 0) is 11.3 Å². The molecule has 1 saturated heterocycles. The van der Waals surface area contributed by atoms with Crippen LogP contribution >= 0.6 is 35.3 Å². The van der Waals surface area contributed by atoms with E-state index in [9.17, 15) is 0 Å². The summed E-state index contributed by atoms with van der Waals surface area (Å²) < 4.78 is 5.16. The molecule has 0 spiro atoms. The maximum Gasteiger partial charge on any atom is 0.191 e. The number of halogens is 1. The van der Waals surface area contributed by atoms with Crippen molar-refractivity contribution in [2.45, 2.75) is 33.2 Å². The highest BCUT2D eigenvalue weighted by atomic mass is 127. The molecular weight excluding hydrogens is 449 g/mol. The molecule has 1 fully saturated rings. The van der Waals surface area contributed by atoms with Crippen molar-refractivity contribution in [3.8, 4) is 0 Å². The molecule has 0 atom stereocenters. The average Bonchev–Trinajstić information content (AvgIpc) is 3.02. The van der Waals surface area contributed by atoms with Gasteiger partial charge < -0.3 is 20.3 Å². The Morgan fingerprint density at radius 3 is 2.76 bits per heavy atom. The number of hydrogen-bond donors (Lipinski definition) is 2. The van der Waals surface area contributed by atoms with Crippen LogP contribution in [0.2, 0.25) is 0 Å². The number of hydrogen-bond acceptors (Lipinski definition) is 5. The zero-order valence-electron chi connectivity index (χ0n) is 15.6. The molecule has 2 heterocycles. The summed E-state index contributed by atoms with van der Waals surface area (Å²) >= 11 is 1.71. The van der Waals surface area contributed by atoms with Crippen molar-refractivity contribution in [2.24, 2.45) is 10.9 Å². The molecule has 25 heavy (non-hydrogen) atoms. The van der Waals surface area contributed by atoms with Crippen LogP contribution in [-0.4, -0.2) is 62.3 Å². The maximum atomic E-state index is 5.16. The predicted octanol–water partition coefficient (Wildman–Crippen LogP) is 2.48. The number of ether oxygens (including phenoxy) is 1. The van der Waals surface area contributed by atoms with E-state index < -0.39 is 0 Å². The summed E-state index contributed by atoms with van der Waals surface area (Å²) in [4.78, 5) is 12.7. The Hall–Kier alpha value is -0.450. The summed E-state index contributed by atoms with van der Waals surface area (Å²) in [7, 11) is 1.77. The normalized spacial score (nSPS) is 16.5. The van der Waals surface area contributed by atoms with Crippen LogP contribution < -0.4 is 10.6 Å². The van der Waals surface area contributed by atoms with Crippen molar-refractivity contribution >= 4 is 41.3 Å². The number of guanidine groups is 1. The number of aliphatic imine (C=N–C) groups is 1. The molecule has 0 bridgehead atoms. The van der Waals surface area contributed by atoms with Crippen molar-refractivity contribution in [3.05, 3.63) is 16.1 Å². The van der Waals surface area contributed by atoms with Gasteiger partial charge in [0.2, 0.25) is 0 Å². The molecule has 0 amide bonds. The molecule has 6 nitrogen and oxygen atoms in total. The lowest BCUT2D eigenvalue weighted by Gasteiger charge is -2.32. The van der Waals surface area contributed by atoms with Gasteiger partial charge in [0, 0.05) is 37.8 Å². The minimum Gasteiger partial charge on any atom is -0.383 e. The minimum absolute atomic E-state index is 0. The lowest BCUT2D eigenvalue weighted by atomic mass is 9.97. The molecule has 1 aliphatic heterocycles. The molecule has 0 aromatic carbocycles. The van der Waals surface area contributed by atoms with Crippen LogP contribution in [0.15, 0.2) is 11.2 Å². The molecule has 0 unspecified atom stereocenters. The third kappa shape index (κ3) is 8.65. The summed E-state index contributed by atoms with van der Waals surface area (Å²) in [5.74, 6) is 1.61. The summed E-state index contributed by atoms with van der Waals surface area (Å²) in [5, 5.41) is 7.89. The van der Waals surface area contributed by atoms with Gasteiger partial charge in [-0.2, -0.15) is 0 Å². The number of thiazole rings is 1. The van der Waals surface area contributed by atoms with Gasteiger partial charge in [-0.25, -0.2) is 9.98 Å². The Bertz CT molecular complexity index is 503. The fourth-order valence-corrected chi connectivity index (χ4v) is 3.55. The smallest absolute Gasteiger partial charge is 0.191 e. The topological polar surface area (TPSA) is 61.8 Å². The number of nitrogens with zero attached hydrogens (tertiary/aromatic N) is 3. The van der Waals surface area contributed by atoms with Crippen LogP contribution in [0.1, 0.15) is 29.7 Å². The number of methoxy groups -OCH3 is 1. The molecule has 0 saturated carbocycles. The van der Waals surface area contributed by atoms with Crippen LogP contribution in [0.5, 0.6) is 0 Å². The summed E-state index contributed by atoms with van der Waals surface area (Å²) in [6.07, 6.45) is 4.39. The van der Waals surface area contributed by atoms with Crippen molar-refractivity contribution in [3.63, 3.8) is 0 Å². The fraction of sp³-hybridized carbons (Fsp3) is 0.765. The van der Waals surface area contributed by atoms with Crippen molar-refractivity contribution in [1.82, 2.24) is 20.5 Å². The molecule has 8 heteroatoms. The molecule has 1 aromatic heterocycles. The largest absolute Gasteiger partial charge is 0.383 e. The van der Waals surface area contributed by atoms with E-state index in [0.29, 0.717) is 6.54 Å². The number of aromatic nitrogens is 1. The van der Waals surface area contributed by atoms with Gasteiger partial charge in [0.15, 0.2) is 5.96 Å². The molecule has 0 aliphatic carbocycles.